The molecule has 0 aliphatic rings. The summed E-state index contributed by atoms with van der Waals surface area (Å²) in [6, 6.07) is 8.69. The lowest BCUT2D eigenvalue weighted by molar-refractivity contribution is -0.117. The molecule has 1 aromatic carbocycles. The minimum atomic E-state index is -1.00. The second kappa shape index (κ2) is 8.40. The summed E-state index contributed by atoms with van der Waals surface area (Å²) in [6.45, 7) is 1.66. The first-order valence-electron chi connectivity index (χ1n) is 6.45. The maximum absolute atomic E-state index is 13.3. The van der Waals surface area contributed by atoms with Crippen LogP contribution in [0.25, 0.3) is 0 Å². The summed E-state index contributed by atoms with van der Waals surface area (Å²) < 4.78 is 18.3. The standard InChI is InChI=1S/C15H19FO3/c1-12(17)9-10-14(16)8-5-11-19-15(18)13-6-3-2-4-7-13/h2-4,6-7,14H,5,8-11H2,1H3. The third kappa shape index (κ3) is 6.70. The Kier molecular flexibility index (Phi) is 6.79. The molecule has 19 heavy (non-hydrogen) atoms. The smallest absolute Gasteiger partial charge is 0.338 e. The van der Waals surface area contributed by atoms with Crippen molar-refractivity contribution in [3.63, 3.8) is 0 Å². The van der Waals surface area contributed by atoms with Crippen molar-refractivity contribution >= 4 is 11.8 Å². The molecule has 0 N–H and O–H groups in total. The Balaban J connectivity index is 2.14. The number of hydrogen-bond donors (Lipinski definition) is 0. The first-order valence-corrected chi connectivity index (χ1v) is 6.45. The fourth-order valence-corrected chi connectivity index (χ4v) is 1.63. The van der Waals surface area contributed by atoms with E-state index in [1.54, 1.807) is 24.3 Å². The van der Waals surface area contributed by atoms with E-state index in [2.05, 4.69) is 0 Å². The van der Waals surface area contributed by atoms with Crippen LogP contribution in [0.15, 0.2) is 30.3 Å². The molecule has 1 rings (SSSR count). The number of ketones is 1. The molecular formula is C15H19FO3. The van der Waals surface area contributed by atoms with Crippen LogP contribution in [-0.2, 0) is 9.53 Å². The largest absolute Gasteiger partial charge is 0.462 e. The topological polar surface area (TPSA) is 43.4 Å². The normalized spacial score (nSPS) is 11.9. The van der Waals surface area contributed by atoms with Crippen LogP contribution in [0.2, 0.25) is 0 Å². The van der Waals surface area contributed by atoms with Crippen molar-refractivity contribution in [3.8, 4) is 0 Å². The second-order valence-corrected chi connectivity index (χ2v) is 4.48. The molecule has 0 aromatic heterocycles. The number of Topliss-reactive ketones (excluding diaryl/α,β-unsaturated/α-hetero) is 1. The zero-order chi connectivity index (χ0) is 14.1. The van der Waals surface area contributed by atoms with Crippen molar-refractivity contribution in [1.82, 2.24) is 0 Å². The summed E-state index contributed by atoms with van der Waals surface area (Å²) in [4.78, 5) is 22.2. The molecule has 0 aliphatic heterocycles. The van der Waals surface area contributed by atoms with Crippen LogP contribution < -0.4 is 0 Å². The summed E-state index contributed by atoms with van der Waals surface area (Å²) in [6.07, 6.45) is 0.305. The minimum Gasteiger partial charge on any atom is -0.462 e. The van der Waals surface area contributed by atoms with Crippen molar-refractivity contribution in [2.75, 3.05) is 6.61 Å². The van der Waals surface area contributed by atoms with E-state index in [0.717, 1.165) is 0 Å². The predicted octanol–water partition coefficient (Wildman–Crippen LogP) is 3.33. The number of benzene rings is 1. The minimum absolute atomic E-state index is 0.00171. The lowest BCUT2D eigenvalue weighted by atomic mass is 10.1. The summed E-state index contributed by atoms with van der Waals surface area (Å²) in [5.41, 5.74) is 0.496. The van der Waals surface area contributed by atoms with E-state index >= 15 is 0 Å². The van der Waals surface area contributed by atoms with Gasteiger partial charge in [0.15, 0.2) is 0 Å². The predicted molar refractivity (Wildman–Crippen MR) is 70.8 cm³/mol. The van der Waals surface area contributed by atoms with Gasteiger partial charge in [0.1, 0.15) is 12.0 Å². The Morgan fingerprint density at radius 3 is 2.53 bits per heavy atom. The van der Waals surface area contributed by atoms with Gasteiger partial charge in [-0.1, -0.05) is 18.2 Å². The van der Waals surface area contributed by atoms with Crippen LogP contribution in [0.5, 0.6) is 0 Å². The lowest BCUT2D eigenvalue weighted by Crippen LogP contribution is -2.09. The van der Waals surface area contributed by atoms with Crippen LogP contribution in [0, 0.1) is 0 Å². The number of alkyl halides is 1. The molecule has 1 atom stereocenters. The van der Waals surface area contributed by atoms with Crippen LogP contribution in [-0.4, -0.2) is 24.5 Å². The van der Waals surface area contributed by atoms with Crippen LogP contribution in [0.4, 0.5) is 4.39 Å². The Morgan fingerprint density at radius 2 is 1.89 bits per heavy atom. The quantitative estimate of drug-likeness (QED) is 0.535. The molecule has 0 saturated carbocycles. The molecule has 3 nitrogen and oxygen atoms in total. The maximum Gasteiger partial charge on any atom is 0.338 e. The molecule has 0 saturated heterocycles. The molecule has 0 aliphatic carbocycles. The van der Waals surface area contributed by atoms with Crippen molar-refractivity contribution in [2.24, 2.45) is 0 Å². The van der Waals surface area contributed by atoms with Crippen LogP contribution in [0.1, 0.15) is 43.0 Å². The molecule has 0 heterocycles. The molecule has 0 radical (unpaired) electrons. The zero-order valence-corrected chi connectivity index (χ0v) is 11.1. The van der Waals surface area contributed by atoms with Gasteiger partial charge in [0.2, 0.25) is 0 Å². The molecule has 1 aromatic rings. The van der Waals surface area contributed by atoms with E-state index in [1.807, 2.05) is 6.07 Å². The van der Waals surface area contributed by atoms with Gasteiger partial charge in [-0.25, -0.2) is 9.18 Å². The first-order chi connectivity index (χ1) is 9.09. The fourth-order valence-electron chi connectivity index (χ4n) is 1.63. The average Bonchev–Trinajstić information content (AvgIpc) is 2.42. The van der Waals surface area contributed by atoms with Gasteiger partial charge in [0.05, 0.1) is 12.2 Å². The third-order valence-corrected chi connectivity index (χ3v) is 2.71. The van der Waals surface area contributed by atoms with E-state index in [-0.39, 0.29) is 31.2 Å². The van der Waals surface area contributed by atoms with Gasteiger partial charge in [-0.15, -0.1) is 0 Å². The summed E-state index contributed by atoms with van der Waals surface area (Å²) >= 11 is 0. The Morgan fingerprint density at radius 1 is 1.21 bits per heavy atom. The summed E-state index contributed by atoms with van der Waals surface area (Å²) in [5, 5.41) is 0. The average molecular weight is 266 g/mol. The highest BCUT2D eigenvalue weighted by atomic mass is 19.1. The van der Waals surface area contributed by atoms with Crippen molar-refractivity contribution < 1.29 is 18.7 Å². The van der Waals surface area contributed by atoms with Gasteiger partial charge in [0, 0.05) is 6.42 Å². The van der Waals surface area contributed by atoms with Crippen molar-refractivity contribution in [1.29, 1.82) is 0 Å². The highest BCUT2D eigenvalue weighted by Gasteiger charge is 2.09. The van der Waals surface area contributed by atoms with E-state index in [9.17, 15) is 14.0 Å². The van der Waals surface area contributed by atoms with Gasteiger partial charge in [-0.2, -0.15) is 0 Å². The van der Waals surface area contributed by atoms with Crippen molar-refractivity contribution in [3.05, 3.63) is 35.9 Å². The Labute approximate surface area is 112 Å². The van der Waals surface area contributed by atoms with Crippen molar-refractivity contribution in [2.45, 2.75) is 38.8 Å². The summed E-state index contributed by atoms with van der Waals surface area (Å²) in [5.74, 6) is -0.391. The zero-order valence-electron chi connectivity index (χ0n) is 11.1. The summed E-state index contributed by atoms with van der Waals surface area (Å²) in [7, 11) is 0. The molecule has 104 valence electrons. The number of ether oxygens (including phenoxy) is 1. The molecule has 4 heteroatoms. The van der Waals surface area contributed by atoms with Gasteiger partial charge >= 0.3 is 5.97 Å². The molecule has 0 spiro atoms. The first kappa shape index (κ1) is 15.3. The van der Waals surface area contributed by atoms with E-state index in [4.69, 9.17) is 4.74 Å². The van der Waals surface area contributed by atoms with E-state index < -0.39 is 6.17 Å². The SMILES string of the molecule is CC(=O)CCC(F)CCCOC(=O)c1ccccc1. The van der Waals surface area contributed by atoms with E-state index in [0.29, 0.717) is 18.4 Å². The fraction of sp³-hybridized carbons (Fsp3) is 0.467. The monoisotopic (exact) mass is 266 g/mol. The second-order valence-electron chi connectivity index (χ2n) is 4.48. The molecular weight excluding hydrogens is 247 g/mol. The Hall–Kier alpha value is -1.71. The number of rotatable bonds is 8. The van der Waals surface area contributed by atoms with Crippen LogP contribution in [0.3, 0.4) is 0 Å². The highest BCUT2D eigenvalue weighted by molar-refractivity contribution is 5.89. The van der Waals surface area contributed by atoms with Gasteiger partial charge in [0.25, 0.3) is 0 Å². The molecule has 1 unspecified atom stereocenters. The molecule has 0 bridgehead atoms. The van der Waals surface area contributed by atoms with E-state index in [1.165, 1.54) is 6.92 Å². The van der Waals surface area contributed by atoms with Crippen LogP contribution >= 0.6 is 0 Å². The number of hydrogen-bond acceptors (Lipinski definition) is 3. The maximum atomic E-state index is 13.3. The molecule has 0 amide bonds. The third-order valence-electron chi connectivity index (χ3n) is 2.71. The van der Waals surface area contributed by atoms with Gasteiger partial charge < -0.3 is 9.53 Å². The van der Waals surface area contributed by atoms with Gasteiger partial charge in [-0.05, 0) is 38.3 Å². The number of carbonyl (C=O) groups excluding carboxylic acids is 2. The lowest BCUT2D eigenvalue weighted by Gasteiger charge is -2.07. The number of esters is 1. The number of halogens is 1. The highest BCUT2D eigenvalue weighted by Crippen LogP contribution is 2.10. The molecule has 0 fully saturated rings. The number of carbonyl (C=O) groups is 2. The Bertz CT molecular complexity index is 403. The van der Waals surface area contributed by atoms with Gasteiger partial charge in [-0.3, -0.25) is 0 Å².